The van der Waals surface area contributed by atoms with E-state index in [1.165, 1.54) is 11.3 Å². The average Bonchev–Trinajstić information content (AvgIpc) is 3.71. The molecule has 0 radical (unpaired) electrons. The van der Waals surface area contributed by atoms with Gasteiger partial charge in [-0.15, -0.1) is 11.8 Å². The van der Waals surface area contributed by atoms with Crippen LogP contribution in [0.15, 0.2) is 53.4 Å². The van der Waals surface area contributed by atoms with Crippen LogP contribution in [0.4, 0.5) is 5.69 Å². The van der Waals surface area contributed by atoms with Crippen LogP contribution < -0.4 is 15.5 Å². The first kappa shape index (κ1) is 34.2. The number of aromatic nitrogens is 1. The molecule has 1 unspecified atom stereocenters. The highest BCUT2D eigenvalue weighted by atomic mass is 32.2. The van der Waals surface area contributed by atoms with Gasteiger partial charge in [-0.3, -0.25) is 24.5 Å². The van der Waals surface area contributed by atoms with Crippen LogP contribution in [0.3, 0.4) is 0 Å². The smallest absolute Gasteiger partial charge is 0.255 e. The number of amides is 3. The predicted molar refractivity (Wildman–Crippen MR) is 201 cm³/mol. The topological polar surface area (TPSA) is 138 Å². The highest BCUT2D eigenvalue weighted by molar-refractivity contribution is 7.99. The third-order valence-corrected chi connectivity index (χ3v) is 12.6. The maximum atomic E-state index is 14.1. The normalized spacial score (nSPS) is 19.8. The zero-order valence-electron chi connectivity index (χ0n) is 29.7. The van der Waals surface area contributed by atoms with Gasteiger partial charge in [0, 0.05) is 88.1 Å². The number of fused-ring (bicyclic) bond motifs is 5. The number of piperidine rings is 2. The lowest BCUT2D eigenvalue weighted by molar-refractivity contribution is -0.136. The molecule has 4 aromatic rings. The second-order valence-corrected chi connectivity index (χ2v) is 16.0. The number of hydrogen-bond donors (Lipinski definition) is 3. The molecule has 2 fully saturated rings. The minimum atomic E-state index is -0.612. The Balaban J connectivity index is 0.904. The molecule has 1 aromatic heterocycles. The molecule has 4 aliphatic rings. The second-order valence-electron chi connectivity index (χ2n) is 14.8. The number of aryl methyl sites for hydroxylation is 1. The number of aromatic amines is 1. The Morgan fingerprint density at radius 1 is 1.02 bits per heavy atom. The Kier molecular flexibility index (Phi) is 8.71. The first-order valence-electron chi connectivity index (χ1n) is 18.2. The van der Waals surface area contributed by atoms with E-state index in [0.717, 1.165) is 88.4 Å². The number of nitrogens with zero attached hydrogens (tertiary/aromatic N) is 3. The van der Waals surface area contributed by atoms with E-state index in [4.69, 9.17) is 0 Å². The molecule has 0 spiro atoms. The molecule has 3 aromatic carbocycles. The Hall–Kier alpha value is -4.92. The van der Waals surface area contributed by atoms with Gasteiger partial charge in [0.2, 0.25) is 11.8 Å². The number of hydrogen-bond acceptors (Lipinski definition) is 8. The molecule has 0 bridgehead atoms. The molecule has 1 atom stereocenters. The third kappa shape index (κ3) is 5.69. The number of H-pyrrole nitrogens is 1. The van der Waals surface area contributed by atoms with Gasteiger partial charge in [0.15, 0.2) is 5.78 Å². The highest BCUT2D eigenvalue weighted by Gasteiger charge is 2.42. The van der Waals surface area contributed by atoms with E-state index in [2.05, 4.69) is 59.5 Å². The summed E-state index contributed by atoms with van der Waals surface area (Å²) in [6, 6.07) is 17.7. The van der Waals surface area contributed by atoms with Crippen molar-refractivity contribution in [3.63, 3.8) is 0 Å². The summed E-state index contributed by atoms with van der Waals surface area (Å²) in [7, 11) is 0. The summed E-state index contributed by atoms with van der Waals surface area (Å²) in [5, 5.41) is 16.4. The Labute approximate surface area is 307 Å². The van der Waals surface area contributed by atoms with Crippen molar-refractivity contribution < 1.29 is 19.2 Å². The SMILES string of the molecule is CCc1cc2c(cc1N1CCC(NCCSc3cccc4c3CN(C3CCC(=O)NC3=O)C4=O)CC1)C(C)(C)c1[nH]c3cc(C#N)ccc3c1C2=O. The molecular weight excluding hydrogens is 673 g/mol. The number of thioether (sulfide) groups is 1. The maximum absolute atomic E-state index is 14.1. The van der Waals surface area contributed by atoms with Crippen LogP contribution in [0, 0.1) is 11.3 Å². The number of benzene rings is 3. The number of ketones is 1. The van der Waals surface area contributed by atoms with Crippen molar-refractivity contribution in [1.29, 1.82) is 5.26 Å². The fourth-order valence-corrected chi connectivity index (χ4v) is 9.56. The summed E-state index contributed by atoms with van der Waals surface area (Å²) >= 11 is 1.73. The summed E-state index contributed by atoms with van der Waals surface area (Å²) in [5.74, 6) is 0.0774. The third-order valence-electron chi connectivity index (χ3n) is 11.5. The molecule has 52 heavy (non-hydrogen) atoms. The molecule has 3 amide bonds. The maximum Gasteiger partial charge on any atom is 0.255 e. The van der Waals surface area contributed by atoms with E-state index in [1.807, 2.05) is 30.3 Å². The lowest BCUT2D eigenvalue weighted by Gasteiger charge is -2.38. The largest absolute Gasteiger partial charge is 0.371 e. The van der Waals surface area contributed by atoms with E-state index in [-0.39, 0.29) is 29.9 Å². The average molecular weight is 715 g/mol. The van der Waals surface area contributed by atoms with E-state index in [0.29, 0.717) is 30.1 Å². The van der Waals surface area contributed by atoms with Gasteiger partial charge in [0.05, 0.1) is 17.2 Å². The van der Waals surface area contributed by atoms with Crippen molar-refractivity contribution in [1.82, 2.24) is 20.5 Å². The van der Waals surface area contributed by atoms with Crippen LogP contribution in [-0.4, -0.2) is 70.9 Å². The van der Waals surface area contributed by atoms with E-state index < -0.39 is 11.5 Å². The predicted octanol–water partition coefficient (Wildman–Crippen LogP) is 5.58. The van der Waals surface area contributed by atoms with Gasteiger partial charge in [-0.05, 0) is 78.8 Å². The standard InChI is InChI=1S/C41H42N6O4S/c1-4-24-19-28-30(41(2,3)38-36(37(28)49)27-9-8-23(21-42)18-31(27)44-38)20-33(24)46-15-12-25(13-16-46)43-14-17-52-34-7-5-6-26-29(34)22-47(40(26)51)32-10-11-35(48)45-39(32)50/h5-9,18-20,25,32,43-44H,4,10-17,22H2,1-3H3,(H,45,48,50). The zero-order chi connectivity index (χ0) is 36.3. The van der Waals surface area contributed by atoms with Crippen LogP contribution in [0.1, 0.15) is 101 Å². The lowest BCUT2D eigenvalue weighted by atomic mass is 9.70. The number of nitrogens with one attached hydrogen (secondary N) is 3. The summed E-state index contributed by atoms with van der Waals surface area (Å²) in [4.78, 5) is 60.1. The van der Waals surface area contributed by atoms with Crippen molar-refractivity contribution in [2.75, 3.05) is 30.3 Å². The van der Waals surface area contributed by atoms with Gasteiger partial charge < -0.3 is 20.1 Å². The minimum Gasteiger partial charge on any atom is -0.371 e. The number of nitriles is 1. The van der Waals surface area contributed by atoms with Gasteiger partial charge >= 0.3 is 0 Å². The number of carbonyl (C=O) groups is 4. The Bertz CT molecular complexity index is 2210. The minimum absolute atomic E-state index is 0.0426. The van der Waals surface area contributed by atoms with Crippen molar-refractivity contribution in [3.8, 4) is 6.07 Å². The molecule has 11 heteroatoms. The van der Waals surface area contributed by atoms with E-state index in [1.54, 1.807) is 22.7 Å². The fraction of sp³-hybridized carbons (Fsp3) is 0.390. The molecule has 3 aliphatic heterocycles. The lowest BCUT2D eigenvalue weighted by Crippen LogP contribution is -2.52. The molecule has 10 nitrogen and oxygen atoms in total. The number of anilines is 1. The molecule has 4 heterocycles. The van der Waals surface area contributed by atoms with Crippen LogP contribution in [0.5, 0.6) is 0 Å². The Morgan fingerprint density at radius 3 is 2.58 bits per heavy atom. The summed E-state index contributed by atoms with van der Waals surface area (Å²) in [6.07, 6.45) is 3.45. The zero-order valence-corrected chi connectivity index (χ0v) is 30.5. The monoisotopic (exact) mass is 714 g/mol. The first-order valence-corrected chi connectivity index (χ1v) is 19.2. The Morgan fingerprint density at radius 2 is 1.83 bits per heavy atom. The molecule has 2 saturated heterocycles. The molecule has 8 rings (SSSR count). The van der Waals surface area contributed by atoms with Gasteiger partial charge in [-0.2, -0.15) is 5.26 Å². The van der Waals surface area contributed by atoms with Gasteiger partial charge in [0.25, 0.3) is 5.91 Å². The molecule has 266 valence electrons. The van der Waals surface area contributed by atoms with Crippen molar-refractivity contribution in [3.05, 3.63) is 93.2 Å². The van der Waals surface area contributed by atoms with Crippen molar-refractivity contribution >= 4 is 51.9 Å². The second kappa shape index (κ2) is 13.2. The molecule has 1 aliphatic carbocycles. The highest BCUT2D eigenvalue weighted by Crippen LogP contribution is 2.46. The number of imide groups is 1. The van der Waals surface area contributed by atoms with Gasteiger partial charge in [0.1, 0.15) is 6.04 Å². The number of rotatable bonds is 8. The van der Waals surface area contributed by atoms with Crippen molar-refractivity contribution in [2.45, 2.75) is 81.8 Å². The van der Waals surface area contributed by atoms with Gasteiger partial charge in [-0.25, -0.2) is 0 Å². The molecule has 0 saturated carbocycles. The first-order chi connectivity index (χ1) is 25.1. The fourth-order valence-electron chi connectivity index (χ4n) is 8.60. The summed E-state index contributed by atoms with van der Waals surface area (Å²) < 4.78 is 0. The van der Waals surface area contributed by atoms with Gasteiger partial charge in [-0.1, -0.05) is 32.9 Å². The van der Waals surface area contributed by atoms with Crippen molar-refractivity contribution in [2.24, 2.45) is 0 Å². The number of carbonyl (C=O) groups excluding carboxylic acids is 4. The molecule has 3 N–H and O–H groups in total. The summed E-state index contributed by atoms with van der Waals surface area (Å²) in [5.41, 5.74) is 8.41. The van der Waals surface area contributed by atoms with E-state index >= 15 is 0 Å². The van der Waals surface area contributed by atoms with Crippen LogP contribution in [-0.2, 0) is 28.0 Å². The van der Waals surface area contributed by atoms with Crippen LogP contribution in [0.2, 0.25) is 0 Å². The quantitative estimate of drug-likeness (QED) is 0.122. The van der Waals surface area contributed by atoms with Crippen LogP contribution in [0.25, 0.3) is 10.9 Å². The molecular formula is C41H42N6O4S. The van der Waals surface area contributed by atoms with E-state index in [9.17, 15) is 24.4 Å². The van der Waals surface area contributed by atoms with Crippen LogP contribution >= 0.6 is 11.8 Å². The summed E-state index contributed by atoms with van der Waals surface area (Å²) in [6.45, 7) is 9.57.